The van der Waals surface area contributed by atoms with Crippen molar-refractivity contribution in [2.75, 3.05) is 0 Å². The smallest absolute Gasteiger partial charge is 0.160 e. The second-order valence-corrected chi connectivity index (χ2v) is 14.8. The minimum atomic E-state index is -0.131. The molecule has 0 fully saturated rings. The summed E-state index contributed by atoms with van der Waals surface area (Å²) in [6.07, 6.45) is 0. The lowest BCUT2D eigenvalue weighted by Crippen LogP contribution is -2.14. The van der Waals surface area contributed by atoms with Crippen molar-refractivity contribution in [2.45, 2.75) is 19.3 Å². The van der Waals surface area contributed by atoms with Crippen molar-refractivity contribution < 1.29 is 0 Å². The van der Waals surface area contributed by atoms with Crippen molar-refractivity contribution in [2.24, 2.45) is 0 Å². The zero-order chi connectivity index (χ0) is 36.9. The molecular weight excluding hydrogens is 667 g/mol. The number of hydrogen-bond acceptors (Lipinski definition) is 3. The first kappa shape index (κ1) is 32.7. The van der Waals surface area contributed by atoms with Gasteiger partial charge in [0.05, 0.1) is 22.6 Å². The van der Waals surface area contributed by atoms with Crippen LogP contribution in [0.5, 0.6) is 0 Å². The topological polar surface area (TPSA) is 38.7 Å². The fraction of sp³-hybridized carbons (Fsp3) is 0.0577. The summed E-state index contributed by atoms with van der Waals surface area (Å²) in [5.41, 5.74) is 17.6. The van der Waals surface area contributed by atoms with Crippen molar-refractivity contribution in [1.82, 2.24) is 15.0 Å². The van der Waals surface area contributed by atoms with Gasteiger partial charge >= 0.3 is 0 Å². The molecule has 0 aliphatic heterocycles. The van der Waals surface area contributed by atoms with Gasteiger partial charge in [-0.15, -0.1) is 0 Å². The highest BCUT2D eigenvalue weighted by Crippen LogP contribution is 2.50. The van der Waals surface area contributed by atoms with Crippen LogP contribution in [0.1, 0.15) is 25.0 Å². The van der Waals surface area contributed by atoms with Crippen LogP contribution in [0.3, 0.4) is 0 Å². The molecule has 0 saturated heterocycles. The second-order valence-electron chi connectivity index (χ2n) is 14.8. The number of aromatic nitrogens is 3. The van der Waals surface area contributed by atoms with Crippen LogP contribution in [0.25, 0.3) is 89.4 Å². The zero-order valence-corrected chi connectivity index (χ0v) is 30.7. The molecule has 1 aliphatic rings. The van der Waals surface area contributed by atoms with E-state index in [1.807, 2.05) is 12.1 Å². The molecule has 1 aliphatic carbocycles. The first-order valence-electron chi connectivity index (χ1n) is 18.9. The van der Waals surface area contributed by atoms with Gasteiger partial charge in [0.25, 0.3) is 0 Å². The number of pyridine rings is 1. The van der Waals surface area contributed by atoms with E-state index in [0.29, 0.717) is 5.82 Å². The van der Waals surface area contributed by atoms with Crippen LogP contribution < -0.4 is 0 Å². The third kappa shape index (κ3) is 5.73. The Morgan fingerprint density at radius 2 is 0.836 bits per heavy atom. The molecule has 0 N–H and O–H groups in total. The van der Waals surface area contributed by atoms with Crippen LogP contribution in [0.4, 0.5) is 0 Å². The molecule has 7 aromatic carbocycles. The summed E-state index contributed by atoms with van der Waals surface area (Å²) in [7, 11) is 0. The molecule has 260 valence electrons. The van der Waals surface area contributed by atoms with Crippen LogP contribution >= 0.6 is 0 Å². The van der Waals surface area contributed by atoms with Gasteiger partial charge in [0.2, 0.25) is 0 Å². The van der Waals surface area contributed by atoms with Crippen LogP contribution in [-0.2, 0) is 5.41 Å². The zero-order valence-electron chi connectivity index (χ0n) is 30.7. The molecular formula is C52H37N3. The highest BCUT2D eigenvalue weighted by molar-refractivity contribution is 6.02. The molecule has 55 heavy (non-hydrogen) atoms. The fourth-order valence-corrected chi connectivity index (χ4v) is 8.26. The summed E-state index contributed by atoms with van der Waals surface area (Å²) >= 11 is 0. The Labute approximate surface area is 321 Å². The summed E-state index contributed by atoms with van der Waals surface area (Å²) in [4.78, 5) is 15.6. The first-order chi connectivity index (χ1) is 27.0. The van der Waals surface area contributed by atoms with Gasteiger partial charge in [0.1, 0.15) is 0 Å². The maximum absolute atomic E-state index is 5.45. The van der Waals surface area contributed by atoms with Crippen molar-refractivity contribution in [1.29, 1.82) is 0 Å². The molecule has 3 nitrogen and oxygen atoms in total. The van der Waals surface area contributed by atoms with E-state index in [2.05, 4.69) is 190 Å². The van der Waals surface area contributed by atoms with Gasteiger partial charge in [-0.2, -0.15) is 0 Å². The molecule has 0 saturated carbocycles. The summed E-state index contributed by atoms with van der Waals surface area (Å²) < 4.78 is 0. The van der Waals surface area contributed by atoms with Gasteiger partial charge in [-0.05, 0) is 68.8 Å². The van der Waals surface area contributed by atoms with Crippen molar-refractivity contribution in [3.05, 3.63) is 199 Å². The Balaban J connectivity index is 1.16. The van der Waals surface area contributed by atoms with E-state index in [-0.39, 0.29) is 5.41 Å². The average Bonchev–Trinajstić information content (AvgIpc) is 3.48. The quantitative estimate of drug-likeness (QED) is 0.173. The van der Waals surface area contributed by atoms with Gasteiger partial charge in [-0.3, -0.25) is 0 Å². The van der Waals surface area contributed by atoms with Crippen LogP contribution in [0.15, 0.2) is 188 Å². The van der Waals surface area contributed by atoms with Crippen molar-refractivity contribution >= 4 is 10.9 Å². The summed E-state index contributed by atoms with van der Waals surface area (Å²) in [6.45, 7) is 4.66. The normalized spacial score (nSPS) is 12.7. The SMILES string of the molecule is CC1(C)c2ccccc2-c2cc3c(-c4ccc(-c5nc(-c6ccccc6)cc(-c6ccccc6)n5)cc4)cc(-c4ccccc4-c4ccccc4)nc3cc21. The maximum atomic E-state index is 5.45. The van der Waals surface area contributed by atoms with E-state index >= 15 is 0 Å². The lowest BCUT2D eigenvalue weighted by molar-refractivity contribution is 0.661. The molecule has 10 rings (SSSR count). The first-order valence-corrected chi connectivity index (χ1v) is 18.9. The summed E-state index contributed by atoms with van der Waals surface area (Å²) in [6, 6.07) is 66.5. The minimum absolute atomic E-state index is 0.131. The van der Waals surface area contributed by atoms with E-state index in [4.69, 9.17) is 15.0 Å². The van der Waals surface area contributed by atoms with Gasteiger partial charge in [0, 0.05) is 33.1 Å². The average molecular weight is 704 g/mol. The number of hydrogen-bond donors (Lipinski definition) is 0. The predicted molar refractivity (Wildman–Crippen MR) is 228 cm³/mol. The van der Waals surface area contributed by atoms with Crippen LogP contribution in [0, 0.1) is 0 Å². The Hall–Kier alpha value is -6.97. The van der Waals surface area contributed by atoms with Crippen LogP contribution in [-0.4, -0.2) is 15.0 Å². The minimum Gasteiger partial charge on any atom is -0.248 e. The van der Waals surface area contributed by atoms with Gasteiger partial charge < -0.3 is 0 Å². The highest BCUT2D eigenvalue weighted by atomic mass is 14.9. The Morgan fingerprint density at radius 1 is 0.327 bits per heavy atom. The largest absolute Gasteiger partial charge is 0.248 e. The molecule has 2 heterocycles. The third-order valence-corrected chi connectivity index (χ3v) is 11.1. The number of benzene rings is 7. The molecule has 0 bridgehead atoms. The van der Waals surface area contributed by atoms with Gasteiger partial charge in [-0.1, -0.05) is 178 Å². The summed E-state index contributed by atoms with van der Waals surface area (Å²) in [5.74, 6) is 0.695. The second kappa shape index (κ2) is 13.2. The van der Waals surface area contributed by atoms with Crippen molar-refractivity contribution in [3.8, 4) is 78.5 Å². The van der Waals surface area contributed by atoms with Crippen molar-refractivity contribution in [3.63, 3.8) is 0 Å². The standard InChI is InChI=1S/C52H37N3/c1-52(2)45-25-15-14-23-40(45)43-30-44-42(31-49(53-50(44)32-46(43)52)41-24-13-12-22-39(41)34-16-6-3-7-17-34)35-26-28-38(29-27-35)51-54-47(36-18-8-4-9-19-36)33-48(55-51)37-20-10-5-11-21-37/h3-33H,1-2H3. The Morgan fingerprint density at radius 3 is 1.47 bits per heavy atom. The Bertz CT molecular complexity index is 2800. The summed E-state index contributed by atoms with van der Waals surface area (Å²) in [5, 5.41) is 1.13. The monoisotopic (exact) mass is 703 g/mol. The van der Waals surface area contributed by atoms with Gasteiger partial charge in [-0.25, -0.2) is 15.0 Å². The molecule has 0 radical (unpaired) electrons. The van der Waals surface area contributed by atoms with E-state index in [1.165, 1.54) is 27.8 Å². The van der Waals surface area contributed by atoms with E-state index in [0.717, 1.165) is 66.9 Å². The third-order valence-electron chi connectivity index (χ3n) is 11.1. The van der Waals surface area contributed by atoms with Gasteiger partial charge in [0.15, 0.2) is 5.82 Å². The predicted octanol–water partition coefficient (Wildman–Crippen LogP) is 13.3. The molecule has 2 aromatic heterocycles. The fourth-order valence-electron chi connectivity index (χ4n) is 8.26. The maximum Gasteiger partial charge on any atom is 0.160 e. The Kier molecular flexibility index (Phi) is 7.81. The lowest BCUT2D eigenvalue weighted by atomic mass is 9.82. The molecule has 3 heteroatoms. The van der Waals surface area contributed by atoms with Crippen LogP contribution in [0.2, 0.25) is 0 Å². The molecule has 0 spiro atoms. The highest BCUT2D eigenvalue weighted by Gasteiger charge is 2.36. The molecule has 0 amide bonds. The van der Waals surface area contributed by atoms with E-state index in [9.17, 15) is 0 Å². The molecule has 0 unspecified atom stereocenters. The van der Waals surface area contributed by atoms with E-state index in [1.54, 1.807) is 0 Å². The number of fused-ring (bicyclic) bond motifs is 4. The molecule has 9 aromatic rings. The lowest BCUT2D eigenvalue weighted by Gasteiger charge is -2.22. The number of rotatable bonds is 6. The molecule has 0 atom stereocenters. The number of nitrogens with zero attached hydrogens (tertiary/aromatic N) is 3. The van der Waals surface area contributed by atoms with E-state index < -0.39 is 0 Å².